The van der Waals surface area contributed by atoms with E-state index in [1.807, 2.05) is 32.0 Å². The van der Waals surface area contributed by atoms with Gasteiger partial charge in [-0.2, -0.15) is 0 Å². The van der Waals surface area contributed by atoms with Crippen LogP contribution >= 0.6 is 46.9 Å². The Morgan fingerprint density at radius 2 is 2.23 bits per heavy atom. The van der Waals surface area contributed by atoms with Gasteiger partial charge in [0.15, 0.2) is 5.96 Å². The standard InChI is InChI=1S/C20H27ClN6OS.HI/c1-3-22-20(24-9-8-23-19(28)18-14(2)25-13-29-18)26-16-7-10-27(12-16)17-6-4-5-15(21)11-17;/h4-6,11,13,16H,3,7-10,12H2,1-2H3,(H,23,28)(H2,22,24,26);1H. The number of carbonyl (C=O) groups excluding carboxylic acids is 1. The molecule has 3 N–H and O–H groups in total. The summed E-state index contributed by atoms with van der Waals surface area (Å²) in [4.78, 5) is 23.8. The molecule has 0 aliphatic carbocycles. The molecule has 0 spiro atoms. The average molecular weight is 563 g/mol. The van der Waals surface area contributed by atoms with Crippen LogP contribution < -0.4 is 20.9 Å². The number of thiazole rings is 1. The Hall–Kier alpha value is -1.59. The smallest absolute Gasteiger partial charge is 0.263 e. The van der Waals surface area contributed by atoms with Crippen LogP contribution in [-0.4, -0.2) is 55.6 Å². The van der Waals surface area contributed by atoms with E-state index < -0.39 is 0 Å². The van der Waals surface area contributed by atoms with Crippen molar-refractivity contribution in [2.45, 2.75) is 26.3 Å². The minimum absolute atomic E-state index is 0. The molecule has 0 bridgehead atoms. The topological polar surface area (TPSA) is 81.6 Å². The van der Waals surface area contributed by atoms with Crippen molar-refractivity contribution in [1.82, 2.24) is 20.9 Å². The number of nitrogens with one attached hydrogen (secondary N) is 3. The van der Waals surface area contributed by atoms with Gasteiger partial charge in [0, 0.05) is 42.9 Å². The first kappa shape index (κ1) is 24.7. The number of hydrogen-bond acceptors (Lipinski definition) is 5. The number of aryl methyl sites for hydroxylation is 1. The van der Waals surface area contributed by atoms with Crippen LogP contribution in [0.2, 0.25) is 5.02 Å². The molecule has 2 heterocycles. The molecule has 164 valence electrons. The maximum atomic E-state index is 12.1. The van der Waals surface area contributed by atoms with Gasteiger partial charge >= 0.3 is 0 Å². The average Bonchev–Trinajstić information content (AvgIpc) is 3.34. The number of amides is 1. The minimum atomic E-state index is -0.0916. The molecule has 2 aromatic rings. The molecular formula is C20H28ClIN6OS. The number of hydrogen-bond donors (Lipinski definition) is 3. The number of halogens is 2. The van der Waals surface area contributed by atoms with Gasteiger partial charge in [-0.1, -0.05) is 17.7 Å². The minimum Gasteiger partial charge on any atom is -0.369 e. The van der Waals surface area contributed by atoms with E-state index in [0.29, 0.717) is 24.0 Å². The molecule has 1 fully saturated rings. The van der Waals surface area contributed by atoms with E-state index in [2.05, 4.69) is 36.9 Å². The Morgan fingerprint density at radius 3 is 2.93 bits per heavy atom. The van der Waals surface area contributed by atoms with E-state index in [1.54, 1.807) is 5.51 Å². The fraction of sp³-hybridized carbons (Fsp3) is 0.450. The normalized spacial score (nSPS) is 16.2. The Morgan fingerprint density at radius 1 is 1.40 bits per heavy atom. The Kier molecular flexibility index (Phi) is 10.1. The van der Waals surface area contributed by atoms with Crippen molar-refractivity contribution in [3.8, 4) is 0 Å². The summed E-state index contributed by atoms with van der Waals surface area (Å²) in [7, 11) is 0. The second kappa shape index (κ2) is 12.3. The van der Waals surface area contributed by atoms with Crippen LogP contribution in [0.15, 0.2) is 34.8 Å². The quantitative estimate of drug-likeness (QED) is 0.209. The van der Waals surface area contributed by atoms with Gasteiger partial charge in [-0.3, -0.25) is 9.79 Å². The van der Waals surface area contributed by atoms with E-state index in [4.69, 9.17) is 11.6 Å². The number of benzene rings is 1. The SMILES string of the molecule is CCNC(=NCCNC(=O)c1scnc1C)NC1CCN(c2cccc(Cl)c2)C1.I. The fourth-order valence-electron chi connectivity index (χ4n) is 3.24. The van der Waals surface area contributed by atoms with Crippen molar-refractivity contribution in [2.24, 2.45) is 4.99 Å². The molecule has 10 heteroatoms. The second-order valence-corrected chi connectivity index (χ2v) is 8.13. The Labute approximate surface area is 203 Å². The first-order valence-electron chi connectivity index (χ1n) is 9.80. The number of aromatic nitrogens is 1. The maximum absolute atomic E-state index is 12.1. The highest BCUT2D eigenvalue weighted by molar-refractivity contribution is 14.0. The van der Waals surface area contributed by atoms with Crippen molar-refractivity contribution in [3.63, 3.8) is 0 Å². The zero-order valence-corrected chi connectivity index (χ0v) is 21.1. The second-order valence-electron chi connectivity index (χ2n) is 6.84. The third-order valence-electron chi connectivity index (χ3n) is 4.67. The lowest BCUT2D eigenvalue weighted by Gasteiger charge is -2.20. The Bertz CT molecular complexity index is 861. The molecule has 1 aliphatic heterocycles. The zero-order chi connectivity index (χ0) is 20.6. The molecule has 1 unspecified atom stereocenters. The summed E-state index contributed by atoms with van der Waals surface area (Å²) in [5, 5.41) is 10.4. The maximum Gasteiger partial charge on any atom is 0.263 e. The van der Waals surface area contributed by atoms with Crippen molar-refractivity contribution in [3.05, 3.63) is 45.4 Å². The molecule has 7 nitrogen and oxygen atoms in total. The van der Waals surface area contributed by atoms with E-state index >= 15 is 0 Å². The van der Waals surface area contributed by atoms with Crippen LogP contribution in [0.4, 0.5) is 5.69 Å². The predicted octanol–water partition coefficient (Wildman–Crippen LogP) is 3.29. The summed E-state index contributed by atoms with van der Waals surface area (Å²) in [6.45, 7) is 7.51. The number of aliphatic imine (C=N–C) groups is 1. The summed E-state index contributed by atoms with van der Waals surface area (Å²) in [5.41, 5.74) is 3.59. The summed E-state index contributed by atoms with van der Waals surface area (Å²) in [5.74, 6) is 0.680. The molecule has 0 radical (unpaired) electrons. The lowest BCUT2D eigenvalue weighted by atomic mass is 10.3. The number of anilines is 1. The van der Waals surface area contributed by atoms with Gasteiger partial charge in [-0.15, -0.1) is 35.3 Å². The van der Waals surface area contributed by atoms with Crippen LogP contribution in [0.5, 0.6) is 0 Å². The number of guanidine groups is 1. The van der Waals surface area contributed by atoms with Crippen LogP contribution in [0.1, 0.15) is 28.7 Å². The summed E-state index contributed by atoms with van der Waals surface area (Å²) < 4.78 is 0. The van der Waals surface area contributed by atoms with Gasteiger partial charge in [-0.05, 0) is 38.5 Å². The third kappa shape index (κ3) is 6.98. The third-order valence-corrected chi connectivity index (χ3v) is 5.83. The summed E-state index contributed by atoms with van der Waals surface area (Å²) in [6.07, 6.45) is 1.03. The molecule has 1 aromatic carbocycles. The monoisotopic (exact) mass is 562 g/mol. The van der Waals surface area contributed by atoms with Gasteiger partial charge in [-0.25, -0.2) is 4.98 Å². The number of nitrogens with zero attached hydrogens (tertiary/aromatic N) is 3. The Balaban J connectivity index is 0.00000320. The molecule has 1 aromatic heterocycles. The summed E-state index contributed by atoms with van der Waals surface area (Å²) in [6, 6.07) is 8.26. The molecule has 3 rings (SSSR count). The predicted molar refractivity (Wildman–Crippen MR) is 136 cm³/mol. The largest absolute Gasteiger partial charge is 0.369 e. The molecule has 1 saturated heterocycles. The van der Waals surface area contributed by atoms with Crippen LogP contribution in [0.3, 0.4) is 0 Å². The van der Waals surface area contributed by atoms with Crippen LogP contribution in [0, 0.1) is 6.92 Å². The molecule has 1 atom stereocenters. The number of rotatable bonds is 7. The zero-order valence-electron chi connectivity index (χ0n) is 17.2. The molecule has 0 saturated carbocycles. The molecular weight excluding hydrogens is 535 g/mol. The number of carbonyl (C=O) groups is 1. The highest BCUT2D eigenvalue weighted by Crippen LogP contribution is 2.23. The van der Waals surface area contributed by atoms with Crippen molar-refractivity contribution < 1.29 is 4.79 Å². The van der Waals surface area contributed by atoms with Gasteiger partial charge < -0.3 is 20.9 Å². The van der Waals surface area contributed by atoms with E-state index in [-0.39, 0.29) is 29.9 Å². The molecule has 1 amide bonds. The lowest BCUT2D eigenvalue weighted by molar-refractivity contribution is 0.0958. The van der Waals surface area contributed by atoms with Crippen molar-refractivity contribution in [1.29, 1.82) is 0 Å². The van der Waals surface area contributed by atoms with Gasteiger partial charge in [0.05, 0.1) is 17.7 Å². The fourth-order valence-corrected chi connectivity index (χ4v) is 4.14. The highest BCUT2D eigenvalue weighted by atomic mass is 127. The van der Waals surface area contributed by atoms with Crippen molar-refractivity contribution in [2.75, 3.05) is 37.6 Å². The van der Waals surface area contributed by atoms with Crippen LogP contribution in [-0.2, 0) is 0 Å². The van der Waals surface area contributed by atoms with Gasteiger partial charge in [0.25, 0.3) is 5.91 Å². The van der Waals surface area contributed by atoms with Gasteiger partial charge in [0.1, 0.15) is 4.88 Å². The molecule has 1 aliphatic rings. The molecule has 30 heavy (non-hydrogen) atoms. The van der Waals surface area contributed by atoms with Gasteiger partial charge in [0.2, 0.25) is 0 Å². The first-order chi connectivity index (χ1) is 14.1. The van der Waals surface area contributed by atoms with Crippen molar-refractivity contribution >= 4 is 64.5 Å². The van der Waals surface area contributed by atoms with E-state index in [0.717, 1.165) is 48.4 Å². The first-order valence-corrected chi connectivity index (χ1v) is 11.1. The summed E-state index contributed by atoms with van der Waals surface area (Å²) >= 11 is 7.47. The lowest BCUT2D eigenvalue weighted by Crippen LogP contribution is -2.45. The van der Waals surface area contributed by atoms with E-state index in [9.17, 15) is 4.79 Å². The highest BCUT2D eigenvalue weighted by Gasteiger charge is 2.23. The van der Waals surface area contributed by atoms with E-state index in [1.165, 1.54) is 11.3 Å². The van der Waals surface area contributed by atoms with Crippen LogP contribution in [0.25, 0.3) is 0 Å².